The average Bonchev–Trinajstić information content (AvgIpc) is 2.26. The predicted octanol–water partition coefficient (Wildman–Crippen LogP) is 4.13. The molecule has 1 saturated carbocycles. The number of ether oxygens (including phenoxy) is 1. The first-order valence-electron chi connectivity index (χ1n) is 5.97. The number of benzene rings is 1. The third-order valence-corrected chi connectivity index (χ3v) is 3.87. The van der Waals surface area contributed by atoms with E-state index in [1.807, 2.05) is 0 Å². The lowest BCUT2D eigenvalue weighted by Gasteiger charge is -2.27. The molecule has 2 nitrogen and oxygen atoms in total. The normalized spacial score (nSPS) is 24.6. The van der Waals surface area contributed by atoms with Crippen LogP contribution in [0.4, 0.5) is 10.1 Å². The highest BCUT2D eigenvalue weighted by Crippen LogP contribution is 2.35. The molecular formula is C13H17BrFNO. The Labute approximate surface area is 109 Å². The third-order valence-electron chi connectivity index (χ3n) is 3.28. The van der Waals surface area contributed by atoms with Crippen LogP contribution < -0.4 is 10.5 Å². The fraction of sp³-hybridized carbons (Fsp3) is 0.538. The maximum absolute atomic E-state index is 13.1. The molecule has 94 valence electrons. The van der Waals surface area contributed by atoms with Crippen molar-refractivity contribution in [3.05, 3.63) is 22.4 Å². The van der Waals surface area contributed by atoms with E-state index in [4.69, 9.17) is 10.5 Å². The van der Waals surface area contributed by atoms with Crippen LogP contribution in [0.3, 0.4) is 0 Å². The Morgan fingerprint density at radius 2 is 1.94 bits per heavy atom. The lowest BCUT2D eigenvalue weighted by Crippen LogP contribution is -2.23. The van der Waals surface area contributed by atoms with Crippen molar-refractivity contribution in [1.29, 1.82) is 0 Å². The summed E-state index contributed by atoms with van der Waals surface area (Å²) in [4.78, 5) is 0. The van der Waals surface area contributed by atoms with Crippen molar-refractivity contribution >= 4 is 21.6 Å². The first-order valence-corrected chi connectivity index (χ1v) is 6.76. The van der Waals surface area contributed by atoms with Gasteiger partial charge in [-0.1, -0.05) is 6.92 Å². The molecule has 0 spiro atoms. The summed E-state index contributed by atoms with van der Waals surface area (Å²) in [5, 5.41) is 0. The Bertz CT molecular complexity index is 379. The zero-order valence-electron chi connectivity index (χ0n) is 9.88. The van der Waals surface area contributed by atoms with E-state index >= 15 is 0 Å². The molecule has 0 saturated heterocycles. The lowest BCUT2D eigenvalue weighted by atomic mass is 9.89. The van der Waals surface area contributed by atoms with E-state index in [-0.39, 0.29) is 11.9 Å². The van der Waals surface area contributed by atoms with Crippen LogP contribution in [0.1, 0.15) is 32.6 Å². The summed E-state index contributed by atoms with van der Waals surface area (Å²) in [7, 11) is 0. The van der Waals surface area contributed by atoms with Gasteiger partial charge in [-0.15, -0.1) is 0 Å². The van der Waals surface area contributed by atoms with Crippen molar-refractivity contribution in [2.45, 2.75) is 38.7 Å². The molecule has 1 aliphatic carbocycles. The monoisotopic (exact) mass is 301 g/mol. The van der Waals surface area contributed by atoms with Crippen molar-refractivity contribution in [3.63, 3.8) is 0 Å². The van der Waals surface area contributed by atoms with Crippen LogP contribution in [0, 0.1) is 11.7 Å². The van der Waals surface area contributed by atoms with Gasteiger partial charge in [-0.25, -0.2) is 4.39 Å². The van der Waals surface area contributed by atoms with E-state index in [9.17, 15) is 4.39 Å². The van der Waals surface area contributed by atoms with Crippen LogP contribution in [0.5, 0.6) is 5.75 Å². The molecule has 17 heavy (non-hydrogen) atoms. The van der Waals surface area contributed by atoms with Crippen LogP contribution in [0.2, 0.25) is 0 Å². The van der Waals surface area contributed by atoms with Gasteiger partial charge in [0.2, 0.25) is 0 Å². The van der Waals surface area contributed by atoms with Gasteiger partial charge in [0.1, 0.15) is 5.82 Å². The molecule has 0 amide bonds. The Kier molecular flexibility index (Phi) is 3.92. The minimum atomic E-state index is -0.348. The quantitative estimate of drug-likeness (QED) is 0.834. The molecule has 0 unspecified atom stereocenters. The van der Waals surface area contributed by atoms with E-state index in [0.29, 0.717) is 15.9 Å². The molecule has 1 fully saturated rings. The second-order valence-corrected chi connectivity index (χ2v) is 5.66. The Morgan fingerprint density at radius 3 is 2.53 bits per heavy atom. The zero-order valence-corrected chi connectivity index (χ0v) is 11.5. The molecule has 0 aromatic heterocycles. The summed E-state index contributed by atoms with van der Waals surface area (Å²) in [6.07, 6.45) is 4.66. The molecule has 2 rings (SSSR count). The van der Waals surface area contributed by atoms with Gasteiger partial charge in [-0.3, -0.25) is 0 Å². The molecule has 1 aromatic rings. The predicted molar refractivity (Wildman–Crippen MR) is 70.6 cm³/mol. The maximum atomic E-state index is 13.1. The van der Waals surface area contributed by atoms with Crippen molar-refractivity contribution in [1.82, 2.24) is 0 Å². The number of halogens is 2. The first-order chi connectivity index (χ1) is 8.06. The number of anilines is 1. The van der Waals surface area contributed by atoms with E-state index in [1.54, 1.807) is 0 Å². The van der Waals surface area contributed by atoms with Crippen molar-refractivity contribution in [2.75, 3.05) is 5.73 Å². The highest BCUT2D eigenvalue weighted by molar-refractivity contribution is 9.10. The highest BCUT2D eigenvalue weighted by Gasteiger charge is 2.21. The van der Waals surface area contributed by atoms with Crippen LogP contribution in [-0.2, 0) is 0 Å². The molecule has 0 radical (unpaired) electrons. The molecule has 0 atom stereocenters. The molecule has 0 heterocycles. The minimum Gasteiger partial charge on any atom is -0.487 e. The topological polar surface area (TPSA) is 35.2 Å². The summed E-state index contributed by atoms with van der Waals surface area (Å²) in [5.41, 5.74) is 6.13. The largest absolute Gasteiger partial charge is 0.487 e. The molecule has 0 bridgehead atoms. The fourth-order valence-corrected chi connectivity index (χ4v) is 2.76. The summed E-state index contributed by atoms with van der Waals surface area (Å²) in [5.74, 6) is 1.01. The van der Waals surface area contributed by atoms with Gasteiger partial charge in [0, 0.05) is 6.07 Å². The number of nitrogen functional groups attached to an aromatic ring is 1. The van der Waals surface area contributed by atoms with E-state index in [1.165, 1.54) is 25.0 Å². The summed E-state index contributed by atoms with van der Waals surface area (Å²) < 4.78 is 19.5. The van der Waals surface area contributed by atoms with Gasteiger partial charge in [-0.2, -0.15) is 0 Å². The zero-order chi connectivity index (χ0) is 12.4. The van der Waals surface area contributed by atoms with Crippen molar-refractivity contribution in [3.8, 4) is 5.75 Å². The van der Waals surface area contributed by atoms with Crippen LogP contribution in [0.25, 0.3) is 0 Å². The van der Waals surface area contributed by atoms with Gasteiger partial charge in [0.05, 0.1) is 16.3 Å². The number of nitrogens with two attached hydrogens (primary N) is 1. The minimum absolute atomic E-state index is 0.204. The van der Waals surface area contributed by atoms with Gasteiger partial charge in [0.25, 0.3) is 0 Å². The Morgan fingerprint density at radius 1 is 1.29 bits per heavy atom. The Balaban J connectivity index is 2.08. The molecule has 4 heteroatoms. The van der Waals surface area contributed by atoms with Crippen LogP contribution >= 0.6 is 15.9 Å². The lowest BCUT2D eigenvalue weighted by molar-refractivity contribution is 0.135. The van der Waals surface area contributed by atoms with Crippen LogP contribution in [0.15, 0.2) is 16.6 Å². The second kappa shape index (κ2) is 5.25. The second-order valence-electron chi connectivity index (χ2n) is 4.81. The van der Waals surface area contributed by atoms with Crippen LogP contribution in [-0.4, -0.2) is 6.10 Å². The Hall–Kier alpha value is -0.770. The average molecular weight is 302 g/mol. The maximum Gasteiger partial charge on any atom is 0.156 e. The van der Waals surface area contributed by atoms with Gasteiger partial charge >= 0.3 is 0 Å². The van der Waals surface area contributed by atoms with Crippen molar-refractivity contribution in [2.24, 2.45) is 5.92 Å². The number of hydrogen-bond donors (Lipinski definition) is 1. The van der Waals surface area contributed by atoms with E-state index in [2.05, 4.69) is 22.9 Å². The van der Waals surface area contributed by atoms with E-state index in [0.717, 1.165) is 18.8 Å². The number of hydrogen-bond acceptors (Lipinski definition) is 2. The third kappa shape index (κ3) is 3.12. The summed E-state index contributed by atoms with van der Waals surface area (Å²) >= 11 is 3.29. The van der Waals surface area contributed by atoms with Gasteiger partial charge in [0.15, 0.2) is 5.75 Å². The first kappa shape index (κ1) is 12.7. The highest BCUT2D eigenvalue weighted by atomic mass is 79.9. The summed E-state index contributed by atoms with van der Waals surface area (Å²) in [6.45, 7) is 2.26. The molecule has 1 aliphatic rings. The van der Waals surface area contributed by atoms with Gasteiger partial charge in [-0.05, 0) is 53.6 Å². The number of rotatable bonds is 2. The molecular weight excluding hydrogens is 285 g/mol. The molecule has 0 aliphatic heterocycles. The van der Waals surface area contributed by atoms with E-state index < -0.39 is 0 Å². The van der Waals surface area contributed by atoms with Gasteiger partial charge < -0.3 is 10.5 Å². The summed E-state index contributed by atoms with van der Waals surface area (Å²) in [6, 6.07) is 2.68. The molecule has 2 N–H and O–H groups in total. The van der Waals surface area contributed by atoms with Crippen molar-refractivity contribution < 1.29 is 9.13 Å². The molecule has 1 aromatic carbocycles. The standard InChI is InChI=1S/C13H17BrFNO/c1-8-2-4-10(5-3-8)17-13-11(14)6-9(15)7-12(13)16/h6-8,10H,2-5,16H2,1H3. The smallest absolute Gasteiger partial charge is 0.156 e. The SMILES string of the molecule is CC1CCC(Oc2c(N)cc(F)cc2Br)CC1. The fourth-order valence-electron chi connectivity index (χ4n) is 2.22.